The highest BCUT2D eigenvalue weighted by atomic mass is 16.5. The molecule has 0 aromatic heterocycles. The van der Waals surface area contributed by atoms with Crippen LogP contribution in [0.25, 0.3) is 0 Å². The van der Waals surface area contributed by atoms with Gasteiger partial charge in [-0.2, -0.15) is 0 Å². The van der Waals surface area contributed by atoms with Gasteiger partial charge in [0.05, 0.1) is 6.10 Å². The van der Waals surface area contributed by atoms with Gasteiger partial charge in [-0.25, -0.2) is 0 Å². The van der Waals surface area contributed by atoms with Crippen molar-refractivity contribution in [1.29, 1.82) is 0 Å². The van der Waals surface area contributed by atoms with Crippen molar-refractivity contribution in [2.45, 2.75) is 50.7 Å². The lowest BCUT2D eigenvalue weighted by atomic mass is 9.94. The molecule has 2 fully saturated rings. The molecule has 6 nitrogen and oxygen atoms in total. The zero-order chi connectivity index (χ0) is 20.2. The Hall–Kier alpha value is -1.92. The number of hydrogen-bond donors (Lipinski definition) is 1. The SMILES string of the molecule is CNC(=O)C(=O)N(CC1CCN(C2Cc3ccccc3C2)CC1)CC1CCCO1. The van der Waals surface area contributed by atoms with Crippen LogP contribution in [0.15, 0.2) is 24.3 Å². The number of carbonyl (C=O) groups excluding carboxylic acids is 2. The quantitative estimate of drug-likeness (QED) is 0.765. The minimum atomic E-state index is -0.524. The molecule has 2 aliphatic heterocycles. The number of likely N-dealkylation sites (tertiary alicyclic amines) is 1. The Balaban J connectivity index is 1.30. The van der Waals surface area contributed by atoms with Crippen LogP contribution in [0.4, 0.5) is 0 Å². The summed E-state index contributed by atoms with van der Waals surface area (Å²) in [7, 11) is 1.52. The molecule has 29 heavy (non-hydrogen) atoms. The third-order valence-corrected chi connectivity index (χ3v) is 6.83. The molecule has 6 heteroatoms. The van der Waals surface area contributed by atoms with E-state index in [1.54, 1.807) is 4.90 Å². The molecule has 1 aliphatic carbocycles. The van der Waals surface area contributed by atoms with Crippen LogP contribution in [-0.4, -0.2) is 73.6 Å². The Morgan fingerprint density at radius 1 is 1.10 bits per heavy atom. The van der Waals surface area contributed by atoms with Crippen molar-refractivity contribution in [2.24, 2.45) is 5.92 Å². The summed E-state index contributed by atoms with van der Waals surface area (Å²) in [6.07, 6.45) is 6.54. The van der Waals surface area contributed by atoms with E-state index >= 15 is 0 Å². The minimum absolute atomic E-state index is 0.0701. The number of piperidine rings is 1. The zero-order valence-electron chi connectivity index (χ0n) is 17.4. The van der Waals surface area contributed by atoms with Gasteiger partial charge in [0.2, 0.25) is 0 Å². The summed E-state index contributed by atoms with van der Waals surface area (Å²) in [4.78, 5) is 28.9. The molecule has 2 heterocycles. The van der Waals surface area contributed by atoms with Crippen LogP contribution >= 0.6 is 0 Å². The molecule has 2 amide bonds. The molecule has 0 spiro atoms. The van der Waals surface area contributed by atoms with Crippen molar-refractivity contribution < 1.29 is 14.3 Å². The maximum Gasteiger partial charge on any atom is 0.311 e. The second-order valence-electron chi connectivity index (χ2n) is 8.73. The predicted octanol–water partition coefficient (Wildman–Crippen LogP) is 1.62. The number of fused-ring (bicyclic) bond motifs is 1. The lowest BCUT2D eigenvalue weighted by molar-refractivity contribution is -0.147. The van der Waals surface area contributed by atoms with E-state index in [-0.39, 0.29) is 6.10 Å². The molecule has 0 radical (unpaired) electrons. The highest BCUT2D eigenvalue weighted by Gasteiger charge is 2.32. The summed E-state index contributed by atoms with van der Waals surface area (Å²) in [5, 5.41) is 2.48. The van der Waals surface area contributed by atoms with Crippen molar-refractivity contribution in [2.75, 3.05) is 39.8 Å². The number of benzene rings is 1. The first-order valence-electron chi connectivity index (χ1n) is 11.1. The summed E-state index contributed by atoms with van der Waals surface area (Å²) in [6.45, 7) is 4.10. The van der Waals surface area contributed by atoms with Crippen molar-refractivity contribution >= 4 is 11.8 Å². The lowest BCUT2D eigenvalue weighted by Gasteiger charge is -2.38. The molecule has 0 bridgehead atoms. The fraction of sp³-hybridized carbons (Fsp3) is 0.652. The number of likely N-dealkylation sites (N-methyl/N-ethyl adjacent to an activating group) is 1. The van der Waals surface area contributed by atoms with Gasteiger partial charge in [-0.05, 0) is 68.7 Å². The first kappa shape index (κ1) is 20.4. The van der Waals surface area contributed by atoms with Crippen LogP contribution < -0.4 is 5.32 Å². The largest absolute Gasteiger partial charge is 0.376 e. The second kappa shape index (κ2) is 9.26. The topological polar surface area (TPSA) is 61.9 Å². The van der Waals surface area contributed by atoms with Crippen LogP contribution in [0.1, 0.15) is 36.8 Å². The van der Waals surface area contributed by atoms with E-state index in [0.29, 0.717) is 25.0 Å². The highest BCUT2D eigenvalue weighted by Crippen LogP contribution is 2.29. The first-order chi connectivity index (χ1) is 14.1. The molecular weight excluding hydrogens is 366 g/mol. The van der Waals surface area contributed by atoms with E-state index in [4.69, 9.17) is 4.74 Å². The lowest BCUT2D eigenvalue weighted by Crippen LogP contribution is -2.49. The van der Waals surface area contributed by atoms with Crippen molar-refractivity contribution in [3.8, 4) is 0 Å². The maximum absolute atomic E-state index is 12.6. The van der Waals surface area contributed by atoms with Crippen LogP contribution in [0.5, 0.6) is 0 Å². The monoisotopic (exact) mass is 399 g/mol. The number of hydrogen-bond acceptors (Lipinski definition) is 4. The maximum atomic E-state index is 12.6. The van der Waals surface area contributed by atoms with Gasteiger partial charge in [-0.15, -0.1) is 0 Å². The van der Waals surface area contributed by atoms with Gasteiger partial charge in [-0.3, -0.25) is 14.5 Å². The molecule has 1 atom stereocenters. The van der Waals surface area contributed by atoms with Crippen molar-refractivity contribution in [1.82, 2.24) is 15.1 Å². The predicted molar refractivity (Wildman–Crippen MR) is 112 cm³/mol. The van der Waals surface area contributed by atoms with Gasteiger partial charge >= 0.3 is 11.8 Å². The van der Waals surface area contributed by atoms with E-state index in [1.165, 1.54) is 18.2 Å². The Morgan fingerprint density at radius 3 is 2.38 bits per heavy atom. The summed E-state index contributed by atoms with van der Waals surface area (Å²) >= 11 is 0. The molecule has 3 aliphatic rings. The standard InChI is InChI=1S/C23H33N3O3/c1-24-22(27)23(28)26(16-21-7-4-12-29-21)15-17-8-10-25(11-9-17)20-13-18-5-2-3-6-19(18)14-20/h2-3,5-6,17,20-21H,4,7-16H2,1H3,(H,24,27). The van der Waals surface area contributed by atoms with Crippen molar-refractivity contribution in [3.05, 3.63) is 35.4 Å². The molecule has 4 rings (SSSR count). The first-order valence-corrected chi connectivity index (χ1v) is 11.1. The van der Waals surface area contributed by atoms with E-state index in [0.717, 1.165) is 58.2 Å². The van der Waals surface area contributed by atoms with E-state index in [9.17, 15) is 9.59 Å². The number of ether oxygens (including phenoxy) is 1. The fourth-order valence-corrected chi connectivity index (χ4v) is 5.13. The third-order valence-electron chi connectivity index (χ3n) is 6.83. The van der Waals surface area contributed by atoms with E-state index in [2.05, 4.69) is 34.5 Å². The second-order valence-corrected chi connectivity index (χ2v) is 8.73. The Kier molecular flexibility index (Phi) is 6.50. The molecule has 1 aromatic rings. The zero-order valence-corrected chi connectivity index (χ0v) is 17.4. The van der Waals surface area contributed by atoms with E-state index in [1.807, 2.05) is 0 Å². The van der Waals surface area contributed by atoms with Crippen LogP contribution in [0.3, 0.4) is 0 Å². The molecule has 1 aromatic carbocycles. The summed E-state index contributed by atoms with van der Waals surface area (Å²) in [5.41, 5.74) is 3.00. The molecule has 2 saturated heterocycles. The number of rotatable bonds is 5. The summed E-state index contributed by atoms with van der Waals surface area (Å²) < 4.78 is 5.72. The van der Waals surface area contributed by atoms with Crippen LogP contribution in [-0.2, 0) is 27.2 Å². The van der Waals surface area contributed by atoms with E-state index < -0.39 is 11.8 Å². The molecule has 158 valence electrons. The fourth-order valence-electron chi connectivity index (χ4n) is 5.13. The Bertz CT molecular complexity index is 699. The normalized spacial score (nSPS) is 23.1. The summed E-state index contributed by atoms with van der Waals surface area (Å²) in [6, 6.07) is 9.41. The average Bonchev–Trinajstić information content (AvgIpc) is 3.42. The molecule has 1 N–H and O–H groups in total. The smallest absolute Gasteiger partial charge is 0.311 e. The van der Waals surface area contributed by atoms with Crippen LogP contribution in [0, 0.1) is 5.92 Å². The van der Waals surface area contributed by atoms with Gasteiger partial charge in [-0.1, -0.05) is 24.3 Å². The van der Waals surface area contributed by atoms with Gasteiger partial charge in [0.25, 0.3) is 0 Å². The number of carbonyl (C=O) groups is 2. The van der Waals surface area contributed by atoms with Gasteiger partial charge in [0, 0.05) is 32.8 Å². The molecule has 0 saturated carbocycles. The van der Waals surface area contributed by atoms with Crippen molar-refractivity contribution in [3.63, 3.8) is 0 Å². The molecule has 1 unspecified atom stereocenters. The summed E-state index contributed by atoms with van der Waals surface area (Å²) in [5.74, 6) is -0.495. The highest BCUT2D eigenvalue weighted by molar-refractivity contribution is 6.34. The minimum Gasteiger partial charge on any atom is -0.376 e. The number of amides is 2. The van der Waals surface area contributed by atoms with Gasteiger partial charge < -0.3 is 15.0 Å². The molecular formula is C23H33N3O3. The Labute approximate surface area is 173 Å². The van der Waals surface area contributed by atoms with Gasteiger partial charge in [0.15, 0.2) is 0 Å². The Morgan fingerprint density at radius 2 is 1.79 bits per heavy atom. The number of nitrogens with zero attached hydrogens (tertiary/aromatic N) is 2. The average molecular weight is 400 g/mol. The number of nitrogens with one attached hydrogen (secondary N) is 1. The van der Waals surface area contributed by atoms with Gasteiger partial charge in [0.1, 0.15) is 0 Å². The third kappa shape index (κ3) is 4.81. The van der Waals surface area contributed by atoms with Crippen LogP contribution in [0.2, 0.25) is 0 Å².